The van der Waals surface area contributed by atoms with Crippen molar-refractivity contribution in [2.24, 2.45) is 0 Å². The van der Waals surface area contributed by atoms with E-state index in [1.165, 1.54) is 6.07 Å². The molecule has 1 aromatic carbocycles. The van der Waals surface area contributed by atoms with Crippen LogP contribution in [0.1, 0.15) is 11.1 Å². The Balaban J connectivity index is 3.25. The van der Waals surface area contributed by atoms with Gasteiger partial charge in [-0.15, -0.1) is 12.3 Å². The number of benzene rings is 1. The fourth-order valence-electron chi connectivity index (χ4n) is 1.01. The van der Waals surface area contributed by atoms with Crippen LogP contribution in [0, 0.1) is 30.9 Å². The molecule has 1 aromatic rings. The second kappa shape index (κ2) is 3.36. The van der Waals surface area contributed by atoms with E-state index in [4.69, 9.17) is 6.42 Å². The molecule has 0 heterocycles. The first-order chi connectivity index (χ1) is 5.66. The number of terminal acetylenes is 1. The molecule has 0 N–H and O–H groups in total. The third-order valence-corrected chi connectivity index (χ3v) is 1.71. The molecule has 0 unspecified atom stereocenters. The van der Waals surface area contributed by atoms with Gasteiger partial charge >= 0.3 is 0 Å². The Morgan fingerprint density at radius 2 is 2.08 bits per heavy atom. The molecular weight excluding hydrogens is 158 g/mol. The lowest BCUT2D eigenvalue weighted by atomic mass is 10.1. The molecule has 0 atom stereocenters. The van der Waals surface area contributed by atoms with Crippen molar-refractivity contribution in [1.82, 2.24) is 0 Å². The van der Waals surface area contributed by atoms with Crippen molar-refractivity contribution in [3.05, 3.63) is 34.9 Å². The van der Waals surface area contributed by atoms with Crippen molar-refractivity contribution in [3.8, 4) is 12.3 Å². The van der Waals surface area contributed by atoms with Gasteiger partial charge in [-0.05, 0) is 18.6 Å². The van der Waals surface area contributed by atoms with E-state index in [2.05, 4.69) is 5.92 Å². The van der Waals surface area contributed by atoms with Gasteiger partial charge in [0.1, 0.15) is 0 Å². The van der Waals surface area contributed by atoms with E-state index in [0.717, 1.165) is 6.07 Å². The predicted molar refractivity (Wildman–Crippen MR) is 43.6 cm³/mol. The van der Waals surface area contributed by atoms with Crippen molar-refractivity contribution < 1.29 is 8.78 Å². The van der Waals surface area contributed by atoms with Crippen LogP contribution in [0.25, 0.3) is 0 Å². The number of halogens is 2. The molecule has 12 heavy (non-hydrogen) atoms. The Labute approximate surface area is 70.2 Å². The SMILES string of the molecule is C#CCc1c(C)ccc(F)c1F. The van der Waals surface area contributed by atoms with Gasteiger partial charge in [-0.25, -0.2) is 8.78 Å². The van der Waals surface area contributed by atoms with E-state index >= 15 is 0 Å². The van der Waals surface area contributed by atoms with Crippen LogP contribution in [0.4, 0.5) is 8.78 Å². The lowest BCUT2D eigenvalue weighted by Crippen LogP contribution is -1.96. The normalized spacial score (nSPS) is 9.50. The lowest BCUT2D eigenvalue weighted by Gasteiger charge is -2.03. The standard InChI is InChI=1S/C10H8F2/c1-3-4-8-7(2)5-6-9(11)10(8)12/h1,5-6H,4H2,2H3. The summed E-state index contributed by atoms with van der Waals surface area (Å²) in [4.78, 5) is 0. The second-order valence-electron chi connectivity index (χ2n) is 2.54. The zero-order valence-corrected chi connectivity index (χ0v) is 6.70. The summed E-state index contributed by atoms with van der Waals surface area (Å²) >= 11 is 0. The summed E-state index contributed by atoms with van der Waals surface area (Å²) in [6.45, 7) is 1.70. The molecule has 0 saturated heterocycles. The summed E-state index contributed by atoms with van der Waals surface area (Å²) in [7, 11) is 0. The highest BCUT2D eigenvalue weighted by molar-refractivity contribution is 5.31. The average molecular weight is 166 g/mol. The van der Waals surface area contributed by atoms with Crippen LogP contribution >= 0.6 is 0 Å². The highest BCUT2D eigenvalue weighted by Crippen LogP contribution is 2.16. The van der Waals surface area contributed by atoms with Gasteiger partial charge < -0.3 is 0 Å². The molecule has 0 radical (unpaired) electrons. The number of hydrogen-bond acceptors (Lipinski definition) is 0. The van der Waals surface area contributed by atoms with Crippen LogP contribution in [-0.2, 0) is 6.42 Å². The number of rotatable bonds is 1. The van der Waals surface area contributed by atoms with Gasteiger partial charge in [-0.2, -0.15) is 0 Å². The summed E-state index contributed by atoms with van der Waals surface area (Å²) in [5.74, 6) is 0.618. The second-order valence-corrected chi connectivity index (χ2v) is 2.54. The molecule has 0 amide bonds. The van der Waals surface area contributed by atoms with E-state index in [1.54, 1.807) is 6.92 Å². The molecule has 0 aliphatic heterocycles. The van der Waals surface area contributed by atoms with Crippen LogP contribution < -0.4 is 0 Å². The first-order valence-electron chi connectivity index (χ1n) is 3.53. The van der Waals surface area contributed by atoms with Crippen LogP contribution in [0.2, 0.25) is 0 Å². The minimum absolute atomic E-state index is 0.134. The molecule has 0 nitrogen and oxygen atoms in total. The quantitative estimate of drug-likeness (QED) is 0.562. The predicted octanol–water partition coefficient (Wildman–Crippen LogP) is 2.45. The largest absolute Gasteiger partial charge is 0.204 e. The summed E-state index contributed by atoms with van der Waals surface area (Å²) in [6, 6.07) is 2.62. The van der Waals surface area contributed by atoms with Gasteiger partial charge in [0.25, 0.3) is 0 Å². The lowest BCUT2D eigenvalue weighted by molar-refractivity contribution is 0.500. The Hall–Kier alpha value is -1.36. The number of hydrogen-bond donors (Lipinski definition) is 0. The van der Waals surface area contributed by atoms with Crippen LogP contribution in [-0.4, -0.2) is 0 Å². The van der Waals surface area contributed by atoms with Gasteiger partial charge in [-0.1, -0.05) is 6.07 Å². The third kappa shape index (κ3) is 1.45. The van der Waals surface area contributed by atoms with Crippen molar-refractivity contribution in [1.29, 1.82) is 0 Å². The molecule has 0 fully saturated rings. The maximum absolute atomic E-state index is 13.0. The van der Waals surface area contributed by atoms with Gasteiger partial charge in [0.05, 0.1) is 0 Å². The van der Waals surface area contributed by atoms with Crippen LogP contribution in [0.15, 0.2) is 12.1 Å². The molecule has 0 saturated carbocycles. The molecule has 0 aromatic heterocycles. The monoisotopic (exact) mass is 166 g/mol. The molecule has 0 aliphatic rings. The fourth-order valence-corrected chi connectivity index (χ4v) is 1.01. The highest BCUT2D eigenvalue weighted by atomic mass is 19.2. The van der Waals surface area contributed by atoms with Crippen molar-refractivity contribution in [3.63, 3.8) is 0 Å². The summed E-state index contributed by atoms with van der Waals surface area (Å²) in [6.07, 6.45) is 5.14. The summed E-state index contributed by atoms with van der Waals surface area (Å²) in [5.41, 5.74) is 0.962. The summed E-state index contributed by atoms with van der Waals surface area (Å²) < 4.78 is 25.6. The fraction of sp³-hybridized carbons (Fsp3) is 0.200. The van der Waals surface area contributed by atoms with E-state index in [1.807, 2.05) is 0 Å². The van der Waals surface area contributed by atoms with Crippen molar-refractivity contribution in [2.45, 2.75) is 13.3 Å². The molecule has 1 rings (SSSR count). The highest BCUT2D eigenvalue weighted by Gasteiger charge is 2.09. The minimum Gasteiger partial charge on any atom is -0.204 e. The van der Waals surface area contributed by atoms with E-state index < -0.39 is 11.6 Å². The van der Waals surface area contributed by atoms with E-state index in [0.29, 0.717) is 5.56 Å². The van der Waals surface area contributed by atoms with Gasteiger partial charge in [-0.3, -0.25) is 0 Å². The molecule has 0 aliphatic carbocycles. The minimum atomic E-state index is -0.842. The number of aryl methyl sites for hydroxylation is 1. The Bertz CT molecular complexity index is 334. The maximum atomic E-state index is 13.0. The first kappa shape index (κ1) is 8.73. The molecule has 2 heteroatoms. The Morgan fingerprint density at radius 1 is 1.42 bits per heavy atom. The molecule has 0 spiro atoms. The maximum Gasteiger partial charge on any atom is 0.163 e. The van der Waals surface area contributed by atoms with Crippen molar-refractivity contribution >= 4 is 0 Å². The first-order valence-corrected chi connectivity index (χ1v) is 3.53. The topological polar surface area (TPSA) is 0 Å². The smallest absolute Gasteiger partial charge is 0.163 e. The molecular formula is C10H8F2. The summed E-state index contributed by atoms with van der Waals surface area (Å²) in [5, 5.41) is 0. The van der Waals surface area contributed by atoms with Gasteiger partial charge in [0, 0.05) is 12.0 Å². The van der Waals surface area contributed by atoms with Crippen LogP contribution in [0.5, 0.6) is 0 Å². The Morgan fingerprint density at radius 3 is 2.67 bits per heavy atom. The van der Waals surface area contributed by atoms with E-state index in [9.17, 15) is 8.78 Å². The third-order valence-electron chi connectivity index (χ3n) is 1.71. The Kier molecular flexibility index (Phi) is 2.44. The molecule has 0 bridgehead atoms. The van der Waals surface area contributed by atoms with Gasteiger partial charge in [0.2, 0.25) is 0 Å². The van der Waals surface area contributed by atoms with E-state index in [-0.39, 0.29) is 12.0 Å². The zero-order chi connectivity index (χ0) is 9.14. The average Bonchev–Trinajstić information content (AvgIpc) is 2.06. The van der Waals surface area contributed by atoms with Gasteiger partial charge in [0.15, 0.2) is 11.6 Å². The van der Waals surface area contributed by atoms with Crippen LogP contribution in [0.3, 0.4) is 0 Å². The zero-order valence-electron chi connectivity index (χ0n) is 6.70. The van der Waals surface area contributed by atoms with Crippen molar-refractivity contribution in [2.75, 3.05) is 0 Å². The molecule has 62 valence electrons.